The molecular weight excluding hydrogens is 288 g/mol. The van der Waals surface area contributed by atoms with E-state index in [0.717, 1.165) is 12.0 Å². The fourth-order valence-electron chi connectivity index (χ4n) is 2.23. The molecule has 0 aliphatic carbocycles. The van der Waals surface area contributed by atoms with Gasteiger partial charge in [-0.3, -0.25) is 4.98 Å². The molecule has 0 aliphatic heterocycles. The fourth-order valence-corrected chi connectivity index (χ4v) is 2.87. The van der Waals surface area contributed by atoms with Crippen molar-refractivity contribution in [1.29, 1.82) is 0 Å². The van der Waals surface area contributed by atoms with Crippen LogP contribution in [0.3, 0.4) is 0 Å². The molecule has 2 rings (SSSR count). The molecular formula is C15H20N2O3S. The molecule has 2 aromatic rings. The quantitative estimate of drug-likeness (QED) is 0.852. The SMILES string of the molecule is CNC(Cc1cncs1)c1cc(OC)c(OC)c(OC)c1. The molecule has 0 saturated heterocycles. The van der Waals surface area contributed by atoms with Gasteiger partial charge in [-0.15, -0.1) is 11.3 Å². The van der Waals surface area contributed by atoms with Crippen molar-refractivity contribution >= 4 is 11.3 Å². The number of thiazole rings is 1. The standard InChI is InChI=1S/C15H20N2O3S/c1-16-12(7-11-8-17-9-21-11)10-5-13(18-2)15(20-4)14(6-10)19-3/h5-6,8-9,12,16H,7H2,1-4H3. The summed E-state index contributed by atoms with van der Waals surface area (Å²) in [5.74, 6) is 1.93. The summed E-state index contributed by atoms with van der Waals surface area (Å²) in [5.41, 5.74) is 2.93. The van der Waals surface area contributed by atoms with Crippen LogP contribution in [0.5, 0.6) is 17.2 Å². The van der Waals surface area contributed by atoms with E-state index in [4.69, 9.17) is 14.2 Å². The summed E-state index contributed by atoms with van der Waals surface area (Å²) >= 11 is 1.65. The van der Waals surface area contributed by atoms with Gasteiger partial charge in [-0.1, -0.05) is 0 Å². The van der Waals surface area contributed by atoms with Crippen LogP contribution < -0.4 is 19.5 Å². The molecule has 0 radical (unpaired) electrons. The summed E-state index contributed by atoms with van der Waals surface area (Å²) in [4.78, 5) is 5.34. The average Bonchev–Trinajstić information content (AvgIpc) is 3.04. The highest BCUT2D eigenvalue weighted by Crippen LogP contribution is 2.40. The third-order valence-corrected chi connectivity index (χ3v) is 4.13. The first-order valence-electron chi connectivity index (χ1n) is 6.58. The molecule has 1 heterocycles. The van der Waals surface area contributed by atoms with E-state index in [9.17, 15) is 0 Å². The fraction of sp³-hybridized carbons (Fsp3) is 0.400. The topological polar surface area (TPSA) is 52.6 Å². The summed E-state index contributed by atoms with van der Waals surface area (Å²) in [7, 11) is 6.79. The van der Waals surface area contributed by atoms with Crippen LogP contribution in [0.4, 0.5) is 0 Å². The Balaban J connectivity index is 2.36. The van der Waals surface area contributed by atoms with Crippen molar-refractivity contribution in [2.45, 2.75) is 12.5 Å². The normalized spacial score (nSPS) is 12.0. The van der Waals surface area contributed by atoms with Crippen molar-refractivity contribution in [3.05, 3.63) is 34.3 Å². The Morgan fingerprint density at radius 1 is 1.14 bits per heavy atom. The van der Waals surface area contributed by atoms with E-state index in [0.29, 0.717) is 17.2 Å². The Kier molecular flexibility index (Phi) is 5.41. The number of likely N-dealkylation sites (N-methyl/N-ethyl adjacent to an activating group) is 1. The number of nitrogens with zero attached hydrogens (tertiary/aromatic N) is 1. The predicted molar refractivity (Wildman–Crippen MR) is 83.7 cm³/mol. The lowest BCUT2D eigenvalue weighted by Gasteiger charge is -2.19. The second-order valence-electron chi connectivity index (χ2n) is 4.47. The van der Waals surface area contributed by atoms with E-state index in [2.05, 4.69) is 10.3 Å². The summed E-state index contributed by atoms with van der Waals surface area (Å²) in [6.07, 6.45) is 2.76. The van der Waals surface area contributed by atoms with E-state index >= 15 is 0 Å². The van der Waals surface area contributed by atoms with Crippen LogP contribution in [-0.2, 0) is 6.42 Å². The number of benzene rings is 1. The second kappa shape index (κ2) is 7.28. The van der Waals surface area contributed by atoms with Gasteiger partial charge in [-0.05, 0) is 24.7 Å². The van der Waals surface area contributed by atoms with Crippen LogP contribution in [0.15, 0.2) is 23.8 Å². The number of nitrogens with one attached hydrogen (secondary N) is 1. The molecule has 0 fully saturated rings. The molecule has 0 aliphatic rings. The van der Waals surface area contributed by atoms with Crippen LogP contribution in [0.25, 0.3) is 0 Å². The molecule has 21 heavy (non-hydrogen) atoms. The smallest absolute Gasteiger partial charge is 0.203 e. The molecule has 1 N–H and O–H groups in total. The van der Waals surface area contributed by atoms with Crippen molar-refractivity contribution in [3.63, 3.8) is 0 Å². The van der Waals surface area contributed by atoms with Crippen molar-refractivity contribution in [3.8, 4) is 17.2 Å². The first kappa shape index (κ1) is 15.6. The average molecular weight is 308 g/mol. The lowest BCUT2D eigenvalue weighted by molar-refractivity contribution is 0.323. The van der Waals surface area contributed by atoms with Crippen LogP contribution in [-0.4, -0.2) is 33.4 Å². The Labute approximate surface area is 128 Å². The molecule has 1 aromatic carbocycles. The Morgan fingerprint density at radius 3 is 2.24 bits per heavy atom. The largest absolute Gasteiger partial charge is 0.493 e. The summed E-state index contributed by atoms with van der Waals surface area (Å²) in [5, 5.41) is 3.32. The van der Waals surface area contributed by atoms with Gasteiger partial charge in [0.2, 0.25) is 5.75 Å². The van der Waals surface area contributed by atoms with Gasteiger partial charge in [0.1, 0.15) is 0 Å². The number of hydrogen-bond donors (Lipinski definition) is 1. The van der Waals surface area contributed by atoms with E-state index < -0.39 is 0 Å². The molecule has 0 spiro atoms. The minimum Gasteiger partial charge on any atom is -0.493 e. The number of aromatic nitrogens is 1. The van der Waals surface area contributed by atoms with Crippen molar-refractivity contribution < 1.29 is 14.2 Å². The summed E-state index contributed by atoms with van der Waals surface area (Å²) < 4.78 is 16.2. The van der Waals surface area contributed by atoms with Gasteiger partial charge in [-0.25, -0.2) is 0 Å². The predicted octanol–water partition coefficient (Wildman–Crippen LogP) is 2.67. The highest BCUT2D eigenvalue weighted by molar-refractivity contribution is 7.09. The number of hydrogen-bond acceptors (Lipinski definition) is 6. The first-order valence-corrected chi connectivity index (χ1v) is 7.46. The zero-order valence-electron chi connectivity index (χ0n) is 12.7. The van der Waals surface area contributed by atoms with Gasteiger partial charge < -0.3 is 19.5 Å². The lowest BCUT2D eigenvalue weighted by Crippen LogP contribution is -2.18. The van der Waals surface area contributed by atoms with Gasteiger partial charge in [-0.2, -0.15) is 0 Å². The second-order valence-corrected chi connectivity index (χ2v) is 5.44. The maximum absolute atomic E-state index is 5.41. The third-order valence-electron chi connectivity index (χ3n) is 3.33. The number of methoxy groups -OCH3 is 3. The maximum Gasteiger partial charge on any atom is 0.203 e. The zero-order chi connectivity index (χ0) is 15.2. The molecule has 5 nitrogen and oxygen atoms in total. The lowest BCUT2D eigenvalue weighted by atomic mass is 10.0. The Bertz CT molecular complexity index is 547. The van der Waals surface area contributed by atoms with Crippen LogP contribution >= 0.6 is 11.3 Å². The number of ether oxygens (including phenoxy) is 3. The van der Waals surface area contributed by atoms with Gasteiger partial charge >= 0.3 is 0 Å². The molecule has 1 unspecified atom stereocenters. The minimum absolute atomic E-state index is 0.152. The van der Waals surface area contributed by atoms with Crippen LogP contribution in [0.2, 0.25) is 0 Å². The first-order chi connectivity index (χ1) is 10.2. The van der Waals surface area contributed by atoms with E-state index in [1.54, 1.807) is 32.7 Å². The Morgan fingerprint density at radius 2 is 1.81 bits per heavy atom. The Hall–Kier alpha value is -1.79. The highest BCUT2D eigenvalue weighted by atomic mass is 32.1. The minimum atomic E-state index is 0.152. The van der Waals surface area contributed by atoms with Gasteiger partial charge in [0.15, 0.2) is 11.5 Å². The van der Waals surface area contributed by atoms with Crippen molar-refractivity contribution in [2.24, 2.45) is 0 Å². The number of rotatable bonds is 7. The van der Waals surface area contributed by atoms with Crippen molar-refractivity contribution in [2.75, 3.05) is 28.4 Å². The van der Waals surface area contributed by atoms with E-state index in [1.807, 2.05) is 30.9 Å². The van der Waals surface area contributed by atoms with Gasteiger partial charge in [0, 0.05) is 23.5 Å². The zero-order valence-corrected chi connectivity index (χ0v) is 13.5. The van der Waals surface area contributed by atoms with Crippen LogP contribution in [0, 0.1) is 0 Å². The van der Waals surface area contributed by atoms with Crippen molar-refractivity contribution in [1.82, 2.24) is 10.3 Å². The monoisotopic (exact) mass is 308 g/mol. The molecule has 114 valence electrons. The highest BCUT2D eigenvalue weighted by Gasteiger charge is 2.18. The van der Waals surface area contributed by atoms with Crippen LogP contribution in [0.1, 0.15) is 16.5 Å². The van der Waals surface area contributed by atoms with Gasteiger partial charge in [0.05, 0.1) is 26.8 Å². The van der Waals surface area contributed by atoms with Gasteiger partial charge in [0.25, 0.3) is 0 Å². The van der Waals surface area contributed by atoms with E-state index in [-0.39, 0.29) is 6.04 Å². The molecule has 0 saturated carbocycles. The molecule has 6 heteroatoms. The molecule has 1 atom stereocenters. The molecule has 1 aromatic heterocycles. The van der Waals surface area contributed by atoms with E-state index in [1.165, 1.54) is 4.88 Å². The molecule has 0 bridgehead atoms. The summed E-state index contributed by atoms with van der Waals surface area (Å²) in [6.45, 7) is 0. The molecule has 0 amide bonds. The summed E-state index contributed by atoms with van der Waals surface area (Å²) in [6, 6.07) is 4.10. The third kappa shape index (κ3) is 3.46. The maximum atomic E-state index is 5.41.